The molecule has 0 aromatic heterocycles. The van der Waals surface area contributed by atoms with E-state index in [0.29, 0.717) is 0 Å². The summed E-state index contributed by atoms with van der Waals surface area (Å²) in [5, 5.41) is 21.4. The average molecular weight is 237 g/mol. The van der Waals surface area contributed by atoms with Crippen molar-refractivity contribution in [3.8, 4) is 16.9 Å². The Labute approximate surface area is 120 Å². The zero-order valence-electron chi connectivity index (χ0n) is 9.29. The van der Waals surface area contributed by atoms with Crippen molar-refractivity contribution in [2.75, 3.05) is 0 Å². The first kappa shape index (κ1) is 13.7. The molecule has 2 aromatic rings. The molecule has 5 heteroatoms. The molecule has 0 aliphatic carbocycles. The zero-order valence-corrected chi connectivity index (χ0v) is 11.3. The Morgan fingerprint density at radius 1 is 0.824 bits per heavy atom. The molecule has 0 saturated carbocycles. The van der Waals surface area contributed by atoms with Gasteiger partial charge in [0.15, 0.2) is 0 Å². The van der Waals surface area contributed by atoms with Crippen LogP contribution in [-0.2, 0) is 0 Å². The van der Waals surface area contributed by atoms with Gasteiger partial charge < -0.3 is 5.11 Å². The summed E-state index contributed by atoms with van der Waals surface area (Å²) < 4.78 is 0. The van der Waals surface area contributed by atoms with Crippen LogP contribution in [0.5, 0.6) is 5.75 Å². The van der Waals surface area contributed by atoms with Crippen molar-refractivity contribution in [3.63, 3.8) is 0 Å². The normalized spacial score (nSPS) is 9.41. The molecule has 0 atom stereocenters. The molecule has 2 aromatic carbocycles. The maximum Gasteiger partial charge on any atom is 1.00 e. The van der Waals surface area contributed by atoms with Crippen LogP contribution in [0.25, 0.3) is 11.1 Å². The van der Waals surface area contributed by atoms with E-state index < -0.39 is 4.92 Å². The predicted molar refractivity (Wildman–Crippen MR) is 58.0 cm³/mol. The molecule has 0 aliphatic heterocycles. The molecule has 0 bridgehead atoms. The van der Waals surface area contributed by atoms with Crippen molar-refractivity contribution in [2.24, 2.45) is 0 Å². The molecule has 0 heterocycles. The van der Waals surface area contributed by atoms with E-state index in [1.54, 1.807) is 24.3 Å². The Kier molecular flexibility index (Phi) is 4.69. The second kappa shape index (κ2) is 5.82. The summed E-state index contributed by atoms with van der Waals surface area (Å²) in [4.78, 5) is 10.0. The van der Waals surface area contributed by atoms with Crippen LogP contribution < -0.4 is 34.7 Å². The van der Waals surface area contributed by atoms with E-state index in [-0.39, 0.29) is 41.0 Å². The van der Waals surface area contributed by atoms with Gasteiger partial charge in [0.2, 0.25) is 0 Å². The summed E-state index contributed by atoms with van der Waals surface area (Å²) in [7, 11) is 0. The third-order valence-electron chi connectivity index (χ3n) is 2.27. The summed E-state index contributed by atoms with van der Waals surface area (Å²) in [5.74, 6) is -0.0503. The van der Waals surface area contributed by atoms with E-state index in [9.17, 15) is 15.2 Å². The number of nitro benzene ring substituents is 1. The van der Waals surface area contributed by atoms with E-state index in [2.05, 4.69) is 0 Å². The molecule has 17 heavy (non-hydrogen) atoms. The Morgan fingerprint density at radius 2 is 1.24 bits per heavy atom. The molecular weight excluding hydrogens is 229 g/mol. The van der Waals surface area contributed by atoms with Crippen LogP contribution in [0.3, 0.4) is 0 Å². The summed E-state index contributed by atoms with van der Waals surface area (Å²) >= 11 is 0. The predicted octanol–water partition coefficient (Wildman–Crippen LogP) is -0.661. The van der Waals surface area contributed by atoms with E-state index in [1.807, 2.05) is 0 Å². The van der Waals surface area contributed by atoms with Crippen molar-refractivity contribution in [1.29, 1.82) is 0 Å². The van der Waals surface area contributed by atoms with Gasteiger partial charge in [-0.3, -0.25) is 10.1 Å². The van der Waals surface area contributed by atoms with Gasteiger partial charge in [-0.05, 0) is 23.3 Å². The van der Waals surface area contributed by atoms with Gasteiger partial charge in [0.05, 0.1) is 4.92 Å². The SMILES string of the molecule is O=[N+]([O-])c1ccc(-c2ccc([O-])cc2)cc1.[Na+]. The van der Waals surface area contributed by atoms with Gasteiger partial charge in [0.25, 0.3) is 5.69 Å². The first-order chi connectivity index (χ1) is 7.66. The Balaban J connectivity index is 0.00000144. The van der Waals surface area contributed by atoms with Crippen molar-refractivity contribution in [1.82, 2.24) is 0 Å². The van der Waals surface area contributed by atoms with Crippen LogP contribution in [0.1, 0.15) is 0 Å². The van der Waals surface area contributed by atoms with Crippen molar-refractivity contribution >= 4 is 5.69 Å². The molecule has 0 N–H and O–H groups in total. The van der Waals surface area contributed by atoms with Gasteiger partial charge >= 0.3 is 29.6 Å². The van der Waals surface area contributed by atoms with E-state index in [0.717, 1.165) is 11.1 Å². The number of nitrogens with zero attached hydrogens (tertiary/aromatic N) is 1. The molecular formula is C12H8NNaO3. The monoisotopic (exact) mass is 237 g/mol. The van der Waals surface area contributed by atoms with Crippen LogP contribution in [0.2, 0.25) is 0 Å². The van der Waals surface area contributed by atoms with Gasteiger partial charge in [-0.15, -0.1) is 5.75 Å². The molecule has 0 spiro atoms. The number of hydrogen-bond donors (Lipinski definition) is 0. The molecule has 0 aliphatic rings. The minimum absolute atomic E-state index is 0. The second-order valence-electron chi connectivity index (χ2n) is 3.33. The van der Waals surface area contributed by atoms with E-state index in [4.69, 9.17) is 0 Å². The Bertz CT molecular complexity index is 508. The van der Waals surface area contributed by atoms with Crippen LogP contribution in [0.4, 0.5) is 5.69 Å². The fourth-order valence-corrected chi connectivity index (χ4v) is 1.42. The Morgan fingerprint density at radius 3 is 1.65 bits per heavy atom. The summed E-state index contributed by atoms with van der Waals surface area (Å²) in [5.41, 5.74) is 1.78. The molecule has 80 valence electrons. The van der Waals surface area contributed by atoms with Gasteiger partial charge in [-0.25, -0.2) is 0 Å². The first-order valence-electron chi connectivity index (χ1n) is 4.69. The fraction of sp³-hybridized carbons (Fsp3) is 0. The van der Waals surface area contributed by atoms with Crippen LogP contribution in [0.15, 0.2) is 48.5 Å². The third-order valence-corrected chi connectivity index (χ3v) is 2.27. The third kappa shape index (κ3) is 3.30. The maximum atomic E-state index is 10.9. The van der Waals surface area contributed by atoms with Crippen molar-refractivity contribution in [3.05, 3.63) is 58.6 Å². The molecule has 4 nitrogen and oxygen atoms in total. The summed E-state index contributed by atoms with van der Waals surface area (Å²) in [6.45, 7) is 0. The zero-order chi connectivity index (χ0) is 11.5. The standard InChI is InChI=1S/C12H9NO3.Na/c14-12-7-3-10(4-8-12)9-1-5-11(6-2-9)13(15)16;/h1-8,14H;/q;+1/p-1. The summed E-state index contributed by atoms with van der Waals surface area (Å²) in [6.07, 6.45) is 0. The number of hydrogen-bond acceptors (Lipinski definition) is 3. The molecule has 0 saturated heterocycles. The number of rotatable bonds is 2. The summed E-state index contributed by atoms with van der Waals surface area (Å²) in [6, 6.07) is 12.6. The van der Waals surface area contributed by atoms with E-state index in [1.165, 1.54) is 24.3 Å². The number of nitro groups is 1. The van der Waals surface area contributed by atoms with Crippen molar-refractivity contribution in [2.45, 2.75) is 0 Å². The van der Waals surface area contributed by atoms with Crippen molar-refractivity contribution < 1.29 is 39.6 Å². The fourth-order valence-electron chi connectivity index (χ4n) is 1.42. The average Bonchev–Trinajstić information content (AvgIpc) is 2.30. The molecule has 2 rings (SSSR count). The van der Waals surface area contributed by atoms with E-state index >= 15 is 0 Å². The van der Waals surface area contributed by atoms with Gasteiger partial charge in [0, 0.05) is 12.1 Å². The molecule has 0 unspecified atom stereocenters. The second-order valence-corrected chi connectivity index (χ2v) is 3.33. The first-order valence-corrected chi connectivity index (χ1v) is 4.69. The minimum Gasteiger partial charge on any atom is -0.872 e. The minimum atomic E-state index is -0.440. The maximum absolute atomic E-state index is 10.9. The van der Waals surface area contributed by atoms with Crippen LogP contribution in [0, 0.1) is 10.1 Å². The molecule has 0 fully saturated rings. The van der Waals surface area contributed by atoms with Gasteiger partial charge in [0.1, 0.15) is 0 Å². The van der Waals surface area contributed by atoms with Gasteiger partial charge in [-0.1, -0.05) is 24.3 Å². The largest absolute Gasteiger partial charge is 1.00 e. The number of non-ortho nitro benzene ring substituents is 1. The van der Waals surface area contributed by atoms with Crippen LogP contribution in [-0.4, -0.2) is 4.92 Å². The quantitative estimate of drug-likeness (QED) is 0.395. The number of benzene rings is 2. The van der Waals surface area contributed by atoms with Crippen LogP contribution >= 0.6 is 0 Å². The Hall–Kier alpha value is -1.36. The smallest absolute Gasteiger partial charge is 0.872 e. The molecule has 0 radical (unpaired) electrons. The topological polar surface area (TPSA) is 66.2 Å². The van der Waals surface area contributed by atoms with Gasteiger partial charge in [-0.2, -0.15) is 0 Å². The molecule has 0 amide bonds.